The number of aromatic nitrogens is 3. The number of rotatable bonds is 7. The highest BCUT2D eigenvalue weighted by molar-refractivity contribution is 8.26. The van der Waals surface area contributed by atoms with Crippen molar-refractivity contribution in [2.24, 2.45) is 7.05 Å². The van der Waals surface area contributed by atoms with Gasteiger partial charge in [0.15, 0.2) is 0 Å². The second kappa shape index (κ2) is 11.2. The summed E-state index contributed by atoms with van der Waals surface area (Å²) in [5.74, 6) is -0.0506. The number of carboxylic acid groups (broad SMARTS) is 1. The van der Waals surface area contributed by atoms with Crippen molar-refractivity contribution in [1.29, 1.82) is 0 Å². The fourth-order valence-electron chi connectivity index (χ4n) is 5.46. The summed E-state index contributed by atoms with van der Waals surface area (Å²) in [4.78, 5) is 36.0. The van der Waals surface area contributed by atoms with Crippen LogP contribution in [0.25, 0.3) is 39.1 Å². The zero-order valence-electron chi connectivity index (χ0n) is 23.6. The van der Waals surface area contributed by atoms with Gasteiger partial charge in [-0.15, -0.1) is 0 Å². The van der Waals surface area contributed by atoms with Gasteiger partial charge in [0.2, 0.25) is 5.95 Å². The molecule has 0 bridgehead atoms. The lowest BCUT2D eigenvalue weighted by molar-refractivity contribution is -0.122. The monoisotopic (exact) mass is 609 g/mol. The number of benzene rings is 3. The standard InChI is InChI=1S/C32H27N5O4S2/c1-17-25(26-21(5-4-13-34-26)27-28(17)36(2)31(33)35-27)22-15-19(8-11-23(22)41-3)16-24-29(38)37(32(42)43-24)14-12-18-6-9-20(10-7-18)30(39)40/h4-11,13,15-16H,12,14H2,1-3H3,(H2,33,35)(H,39,40). The number of anilines is 1. The van der Waals surface area contributed by atoms with Crippen molar-refractivity contribution in [2.45, 2.75) is 13.3 Å². The van der Waals surface area contributed by atoms with Crippen molar-refractivity contribution < 1.29 is 19.4 Å². The number of amides is 1. The van der Waals surface area contributed by atoms with Gasteiger partial charge in [-0.1, -0.05) is 42.2 Å². The van der Waals surface area contributed by atoms with Crippen molar-refractivity contribution in [3.8, 4) is 16.9 Å². The molecular weight excluding hydrogens is 583 g/mol. The highest BCUT2D eigenvalue weighted by Crippen LogP contribution is 2.42. The Bertz CT molecular complexity index is 2000. The van der Waals surface area contributed by atoms with Gasteiger partial charge in [0, 0.05) is 36.3 Å². The molecule has 0 radical (unpaired) electrons. The molecule has 9 nitrogen and oxygen atoms in total. The van der Waals surface area contributed by atoms with Crippen LogP contribution in [-0.2, 0) is 18.3 Å². The Labute approximate surface area is 257 Å². The number of hydrogen-bond acceptors (Lipinski definition) is 8. The van der Waals surface area contributed by atoms with Gasteiger partial charge in [0.25, 0.3) is 5.91 Å². The first-order chi connectivity index (χ1) is 20.7. The average molecular weight is 610 g/mol. The molecule has 1 fully saturated rings. The third-order valence-electron chi connectivity index (χ3n) is 7.65. The van der Waals surface area contributed by atoms with Crippen LogP contribution >= 0.6 is 24.0 Å². The number of nitrogens with zero attached hydrogens (tertiary/aromatic N) is 4. The normalized spacial score (nSPS) is 14.4. The van der Waals surface area contributed by atoms with Crippen molar-refractivity contribution in [2.75, 3.05) is 19.4 Å². The van der Waals surface area contributed by atoms with Crippen molar-refractivity contribution in [3.63, 3.8) is 0 Å². The number of aryl methyl sites for hydroxylation is 2. The maximum atomic E-state index is 13.4. The number of fused-ring (bicyclic) bond motifs is 3. The Morgan fingerprint density at radius 3 is 2.65 bits per heavy atom. The Morgan fingerprint density at radius 2 is 1.93 bits per heavy atom. The number of carboxylic acids is 1. The van der Waals surface area contributed by atoms with E-state index in [9.17, 15) is 9.59 Å². The Hall–Kier alpha value is -4.74. The SMILES string of the molecule is COc1ccc(C=C2SC(=S)N(CCc3ccc(C(=O)O)cc3)C2=O)cc1-c1c(C)c2c(nc(N)n2C)c2cccnc12. The number of pyridine rings is 1. The van der Waals surface area contributed by atoms with Gasteiger partial charge in [0.1, 0.15) is 15.6 Å². The quantitative estimate of drug-likeness (QED) is 0.173. The lowest BCUT2D eigenvalue weighted by atomic mass is 9.93. The highest BCUT2D eigenvalue weighted by Gasteiger charge is 2.32. The first-order valence-corrected chi connectivity index (χ1v) is 14.7. The fourth-order valence-corrected chi connectivity index (χ4v) is 6.77. The number of carbonyl (C=O) groups is 2. The van der Waals surface area contributed by atoms with Gasteiger partial charge < -0.3 is 20.1 Å². The Morgan fingerprint density at radius 1 is 1.16 bits per heavy atom. The summed E-state index contributed by atoms with van der Waals surface area (Å²) < 4.78 is 8.16. The van der Waals surface area contributed by atoms with E-state index in [1.54, 1.807) is 42.5 Å². The molecular formula is C32H27N5O4S2. The van der Waals surface area contributed by atoms with E-state index in [4.69, 9.17) is 32.8 Å². The molecule has 2 aromatic heterocycles. The lowest BCUT2D eigenvalue weighted by Crippen LogP contribution is -2.30. The summed E-state index contributed by atoms with van der Waals surface area (Å²) in [7, 11) is 3.52. The van der Waals surface area contributed by atoms with Crippen LogP contribution in [0.5, 0.6) is 5.75 Å². The summed E-state index contributed by atoms with van der Waals surface area (Å²) in [6, 6.07) is 16.3. The minimum atomic E-state index is -0.975. The van der Waals surface area contributed by atoms with Crippen LogP contribution < -0.4 is 10.5 Å². The van der Waals surface area contributed by atoms with E-state index < -0.39 is 5.97 Å². The van der Waals surface area contributed by atoms with Crippen LogP contribution in [0.4, 0.5) is 5.95 Å². The van der Waals surface area contributed by atoms with Gasteiger partial charge >= 0.3 is 5.97 Å². The highest BCUT2D eigenvalue weighted by atomic mass is 32.2. The molecule has 0 aliphatic carbocycles. The maximum absolute atomic E-state index is 13.4. The molecule has 3 aromatic carbocycles. The van der Waals surface area contributed by atoms with Crippen molar-refractivity contribution in [1.82, 2.24) is 19.4 Å². The zero-order valence-corrected chi connectivity index (χ0v) is 25.3. The molecule has 3 N–H and O–H groups in total. The molecule has 1 saturated heterocycles. The molecule has 0 spiro atoms. The van der Waals surface area contributed by atoms with Crippen LogP contribution in [0.3, 0.4) is 0 Å². The fraction of sp³-hybridized carbons (Fsp3) is 0.156. The van der Waals surface area contributed by atoms with Gasteiger partial charge in [-0.25, -0.2) is 9.78 Å². The summed E-state index contributed by atoms with van der Waals surface area (Å²) in [6.45, 7) is 2.42. The van der Waals surface area contributed by atoms with Gasteiger partial charge in [-0.2, -0.15) is 0 Å². The first kappa shape index (κ1) is 28.4. The number of methoxy groups -OCH3 is 1. The van der Waals surface area contributed by atoms with Gasteiger partial charge in [0.05, 0.1) is 28.6 Å². The molecule has 0 atom stereocenters. The number of nitrogens with two attached hydrogens (primary N) is 1. The molecule has 6 rings (SSSR count). The number of ether oxygens (including phenoxy) is 1. The third-order valence-corrected chi connectivity index (χ3v) is 9.03. The van der Waals surface area contributed by atoms with Crippen LogP contribution in [-0.4, -0.2) is 54.4 Å². The predicted molar refractivity (Wildman–Crippen MR) is 174 cm³/mol. The summed E-state index contributed by atoms with van der Waals surface area (Å²) in [5, 5.41) is 10.0. The van der Waals surface area contributed by atoms with Crippen molar-refractivity contribution in [3.05, 3.63) is 88.0 Å². The Kier molecular flexibility index (Phi) is 7.37. The number of thiocarbonyl (C=S) groups is 1. The minimum absolute atomic E-state index is 0.162. The number of hydrogen-bond donors (Lipinski definition) is 2. The first-order valence-electron chi connectivity index (χ1n) is 13.4. The van der Waals surface area contributed by atoms with E-state index in [0.717, 1.165) is 49.8 Å². The molecule has 5 aromatic rings. The number of carbonyl (C=O) groups excluding carboxylic acids is 1. The predicted octanol–water partition coefficient (Wildman–Crippen LogP) is 5.83. The molecule has 3 heterocycles. The molecule has 43 heavy (non-hydrogen) atoms. The second-order valence-corrected chi connectivity index (χ2v) is 11.8. The third kappa shape index (κ3) is 5.00. The molecule has 1 amide bonds. The number of thioether (sulfide) groups is 1. The number of imidazole rings is 1. The maximum Gasteiger partial charge on any atom is 0.335 e. The largest absolute Gasteiger partial charge is 0.496 e. The lowest BCUT2D eigenvalue weighted by Gasteiger charge is -2.16. The summed E-state index contributed by atoms with van der Waals surface area (Å²) >= 11 is 6.82. The zero-order chi connectivity index (χ0) is 30.4. The second-order valence-electron chi connectivity index (χ2n) is 10.2. The van der Waals surface area contributed by atoms with Crippen LogP contribution in [0, 0.1) is 6.92 Å². The van der Waals surface area contributed by atoms with E-state index in [0.29, 0.717) is 33.9 Å². The average Bonchev–Trinajstić information content (AvgIpc) is 3.45. The van der Waals surface area contributed by atoms with E-state index in [-0.39, 0.29) is 11.5 Å². The van der Waals surface area contributed by atoms with E-state index in [2.05, 4.69) is 4.98 Å². The summed E-state index contributed by atoms with van der Waals surface area (Å²) in [5.41, 5.74) is 13.4. The van der Waals surface area contributed by atoms with E-state index >= 15 is 0 Å². The van der Waals surface area contributed by atoms with Crippen LogP contribution in [0.2, 0.25) is 0 Å². The number of aromatic carboxylic acids is 1. The van der Waals surface area contributed by atoms with Gasteiger partial charge in [-0.3, -0.25) is 14.7 Å². The summed E-state index contributed by atoms with van der Waals surface area (Å²) in [6.07, 6.45) is 4.15. The molecule has 1 aliphatic heterocycles. The van der Waals surface area contributed by atoms with Crippen molar-refractivity contribution >= 4 is 74.1 Å². The molecule has 0 saturated carbocycles. The van der Waals surface area contributed by atoms with Gasteiger partial charge in [-0.05, 0) is 72.5 Å². The minimum Gasteiger partial charge on any atom is -0.496 e. The van der Waals surface area contributed by atoms with E-state index in [1.165, 1.54) is 11.8 Å². The smallest absolute Gasteiger partial charge is 0.335 e. The Balaban J connectivity index is 1.36. The molecule has 1 aliphatic rings. The van der Waals surface area contributed by atoms with Crippen LogP contribution in [0.15, 0.2) is 65.7 Å². The molecule has 216 valence electrons. The van der Waals surface area contributed by atoms with E-state index in [1.807, 2.05) is 54.9 Å². The number of nitrogen functional groups attached to an aromatic ring is 1. The molecule has 11 heteroatoms. The topological polar surface area (TPSA) is 124 Å². The molecule has 0 unspecified atom stereocenters. The van der Waals surface area contributed by atoms with Crippen LogP contribution in [0.1, 0.15) is 27.0 Å².